The third-order valence-corrected chi connectivity index (χ3v) is 2.97. The maximum absolute atomic E-state index is 9.24. The Balaban J connectivity index is 1.95. The highest BCUT2D eigenvalue weighted by atomic mass is 16.3. The molecule has 1 aliphatic rings. The van der Waals surface area contributed by atoms with Crippen LogP contribution in [-0.4, -0.2) is 30.3 Å². The minimum Gasteiger partial charge on any atom is -0.508 e. The zero-order chi connectivity index (χ0) is 11.5. The standard InChI is InChI=1S/C13H20N2O/c1-10(2)14-11-7-8-15(9-11)12-3-5-13(16)6-4-12/h3-6,10-11,14,16H,7-9H2,1-2H3. The number of phenolic OH excluding ortho intramolecular Hbond substituents is 1. The normalized spacial score (nSPS) is 20.7. The molecule has 0 saturated carbocycles. The van der Waals surface area contributed by atoms with E-state index in [0.29, 0.717) is 17.8 Å². The highest BCUT2D eigenvalue weighted by Gasteiger charge is 2.22. The van der Waals surface area contributed by atoms with E-state index in [-0.39, 0.29) is 0 Å². The number of phenols is 1. The van der Waals surface area contributed by atoms with Crippen LogP contribution in [0.15, 0.2) is 24.3 Å². The second-order valence-electron chi connectivity index (χ2n) is 4.77. The monoisotopic (exact) mass is 220 g/mol. The summed E-state index contributed by atoms with van der Waals surface area (Å²) in [7, 11) is 0. The molecule has 1 atom stereocenters. The summed E-state index contributed by atoms with van der Waals surface area (Å²) in [4.78, 5) is 2.36. The van der Waals surface area contributed by atoms with Crippen LogP contribution < -0.4 is 10.2 Å². The van der Waals surface area contributed by atoms with Gasteiger partial charge in [-0.15, -0.1) is 0 Å². The molecule has 1 aromatic carbocycles. The van der Waals surface area contributed by atoms with Crippen LogP contribution in [0, 0.1) is 0 Å². The first-order valence-electron chi connectivity index (χ1n) is 5.95. The molecule has 88 valence electrons. The van der Waals surface area contributed by atoms with Gasteiger partial charge < -0.3 is 15.3 Å². The van der Waals surface area contributed by atoms with Gasteiger partial charge in [-0.2, -0.15) is 0 Å². The van der Waals surface area contributed by atoms with Crippen LogP contribution in [0.4, 0.5) is 5.69 Å². The SMILES string of the molecule is CC(C)NC1CCN(c2ccc(O)cc2)C1. The van der Waals surface area contributed by atoms with Crippen LogP contribution in [0.25, 0.3) is 0 Å². The highest BCUT2D eigenvalue weighted by molar-refractivity contribution is 5.49. The molecule has 2 rings (SSSR count). The van der Waals surface area contributed by atoms with Gasteiger partial charge in [-0.05, 0) is 30.7 Å². The number of nitrogens with one attached hydrogen (secondary N) is 1. The summed E-state index contributed by atoms with van der Waals surface area (Å²) in [6.07, 6.45) is 1.19. The van der Waals surface area contributed by atoms with E-state index in [1.54, 1.807) is 12.1 Å². The summed E-state index contributed by atoms with van der Waals surface area (Å²) >= 11 is 0. The van der Waals surface area contributed by atoms with E-state index in [2.05, 4.69) is 24.1 Å². The molecule has 1 aliphatic heterocycles. The van der Waals surface area contributed by atoms with Gasteiger partial charge in [-0.25, -0.2) is 0 Å². The minimum absolute atomic E-state index is 0.333. The molecule has 1 heterocycles. The summed E-state index contributed by atoms with van der Waals surface area (Å²) in [5.74, 6) is 0.333. The summed E-state index contributed by atoms with van der Waals surface area (Å²) in [6, 6.07) is 8.59. The molecule has 1 fully saturated rings. The van der Waals surface area contributed by atoms with Crippen molar-refractivity contribution in [3.8, 4) is 5.75 Å². The molecule has 0 spiro atoms. The predicted octanol–water partition coefficient (Wildman–Crippen LogP) is 1.97. The van der Waals surface area contributed by atoms with E-state index in [1.807, 2.05) is 12.1 Å². The van der Waals surface area contributed by atoms with Crippen molar-refractivity contribution in [3.05, 3.63) is 24.3 Å². The number of anilines is 1. The van der Waals surface area contributed by atoms with Gasteiger partial charge in [-0.1, -0.05) is 13.8 Å². The molecule has 16 heavy (non-hydrogen) atoms. The Bertz CT molecular complexity index is 334. The zero-order valence-corrected chi connectivity index (χ0v) is 9.98. The van der Waals surface area contributed by atoms with Gasteiger partial charge >= 0.3 is 0 Å². The van der Waals surface area contributed by atoms with Crippen LogP contribution in [0.5, 0.6) is 5.75 Å². The maximum Gasteiger partial charge on any atom is 0.115 e. The molecule has 0 aliphatic carbocycles. The molecule has 1 unspecified atom stereocenters. The van der Waals surface area contributed by atoms with E-state index in [4.69, 9.17) is 0 Å². The third-order valence-electron chi connectivity index (χ3n) is 2.97. The fourth-order valence-corrected chi connectivity index (χ4v) is 2.27. The first-order chi connectivity index (χ1) is 7.65. The van der Waals surface area contributed by atoms with Crippen LogP contribution in [0.2, 0.25) is 0 Å². The van der Waals surface area contributed by atoms with Crippen LogP contribution in [0.3, 0.4) is 0 Å². The van der Waals surface area contributed by atoms with E-state index in [1.165, 1.54) is 12.1 Å². The van der Waals surface area contributed by atoms with Crippen molar-refractivity contribution in [2.45, 2.75) is 32.4 Å². The number of hydrogen-bond acceptors (Lipinski definition) is 3. The Morgan fingerprint density at radius 3 is 2.62 bits per heavy atom. The number of rotatable bonds is 3. The third kappa shape index (κ3) is 2.67. The predicted molar refractivity (Wildman–Crippen MR) is 67.0 cm³/mol. The summed E-state index contributed by atoms with van der Waals surface area (Å²) < 4.78 is 0. The molecular formula is C13H20N2O. The smallest absolute Gasteiger partial charge is 0.115 e. The molecular weight excluding hydrogens is 200 g/mol. The summed E-state index contributed by atoms with van der Waals surface area (Å²) in [5, 5.41) is 12.8. The van der Waals surface area contributed by atoms with Gasteiger partial charge in [0.05, 0.1) is 0 Å². The van der Waals surface area contributed by atoms with E-state index >= 15 is 0 Å². The first kappa shape index (κ1) is 11.3. The zero-order valence-electron chi connectivity index (χ0n) is 9.98. The molecule has 3 nitrogen and oxygen atoms in total. The van der Waals surface area contributed by atoms with E-state index in [0.717, 1.165) is 13.1 Å². The Kier molecular flexibility index (Phi) is 3.34. The lowest BCUT2D eigenvalue weighted by Gasteiger charge is -2.20. The highest BCUT2D eigenvalue weighted by Crippen LogP contribution is 2.22. The van der Waals surface area contributed by atoms with Gasteiger partial charge in [0.1, 0.15) is 5.75 Å². The lowest BCUT2D eigenvalue weighted by atomic mass is 10.2. The molecule has 0 bridgehead atoms. The van der Waals surface area contributed by atoms with Crippen molar-refractivity contribution in [2.75, 3.05) is 18.0 Å². The fraction of sp³-hybridized carbons (Fsp3) is 0.538. The van der Waals surface area contributed by atoms with Gasteiger partial charge in [0, 0.05) is 30.9 Å². The molecule has 2 N–H and O–H groups in total. The topological polar surface area (TPSA) is 35.5 Å². The van der Waals surface area contributed by atoms with Crippen LogP contribution >= 0.6 is 0 Å². The van der Waals surface area contributed by atoms with Crippen molar-refractivity contribution in [1.29, 1.82) is 0 Å². The van der Waals surface area contributed by atoms with Gasteiger partial charge in [-0.3, -0.25) is 0 Å². The Morgan fingerprint density at radius 2 is 2.00 bits per heavy atom. The van der Waals surface area contributed by atoms with E-state index < -0.39 is 0 Å². The Morgan fingerprint density at radius 1 is 1.31 bits per heavy atom. The average molecular weight is 220 g/mol. The quantitative estimate of drug-likeness (QED) is 0.817. The molecule has 1 saturated heterocycles. The van der Waals surface area contributed by atoms with Gasteiger partial charge in [0.25, 0.3) is 0 Å². The second kappa shape index (κ2) is 4.74. The van der Waals surface area contributed by atoms with Crippen LogP contribution in [-0.2, 0) is 0 Å². The number of aromatic hydroxyl groups is 1. The van der Waals surface area contributed by atoms with Gasteiger partial charge in [0.15, 0.2) is 0 Å². The Labute approximate surface area is 97.1 Å². The van der Waals surface area contributed by atoms with Crippen molar-refractivity contribution < 1.29 is 5.11 Å². The molecule has 0 radical (unpaired) electrons. The molecule has 3 heteroatoms. The maximum atomic E-state index is 9.24. The first-order valence-corrected chi connectivity index (χ1v) is 5.95. The number of benzene rings is 1. The summed E-state index contributed by atoms with van der Waals surface area (Å²) in [6.45, 7) is 6.52. The van der Waals surface area contributed by atoms with Crippen molar-refractivity contribution in [1.82, 2.24) is 5.32 Å². The van der Waals surface area contributed by atoms with Gasteiger partial charge in [0.2, 0.25) is 0 Å². The Hall–Kier alpha value is -1.22. The number of nitrogens with zero attached hydrogens (tertiary/aromatic N) is 1. The fourth-order valence-electron chi connectivity index (χ4n) is 2.27. The minimum atomic E-state index is 0.333. The molecule has 0 amide bonds. The average Bonchev–Trinajstić information content (AvgIpc) is 2.66. The van der Waals surface area contributed by atoms with Crippen molar-refractivity contribution in [3.63, 3.8) is 0 Å². The largest absolute Gasteiger partial charge is 0.508 e. The van der Waals surface area contributed by atoms with E-state index in [9.17, 15) is 5.11 Å². The van der Waals surface area contributed by atoms with Crippen molar-refractivity contribution >= 4 is 5.69 Å². The summed E-state index contributed by atoms with van der Waals surface area (Å²) in [5.41, 5.74) is 1.20. The lowest BCUT2D eigenvalue weighted by Crippen LogP contribution is -2.36. The molecule has 1 aromatic rings. The molecule has 0 aromatic heterocycles. The van der Waals surface area contributed by atoms with Crippen molar-refractivity contribution in [2.24, 2.45) is 0 Å². The second-order valence-corrected chi connectivity index (χ2v) is 4.77. The lowest BCUT2D eigenvalue weighted by molar-refractivity contribution is 0.475. The number of hydrogen-bond donors (Lipinski definition) is 2. The van der Waals surface area contributed by atoms with Crippen LogP contribution in [0.1, 0.15) is 20.3 Å².